The molecule has 0 fully saturated rings. The van der Waals surface area contributed by atoms with Crippen molar-refractivity contribution in [2.75, 3.05) is 43.3 Å². The lowest BCUT2D eigenvalue weighted by Crippen LogP contribution is -2.36. The predicted octanol–water partition coefficient (Wildman–Crippen LogP) is 0.903. The number of rotatable bonds is 9. The van der Waals surface area contributed by atoms with Crippen LogP contribution in [0.4, 0.5) is 17.3 Å². The normalized spacial score (nSPS) is 10.6. The number of carbonyl (C=O) groups excluding carboxylic acids is 1. The fraction of sp³-hybridized carbons (Fsp3) is 0.286. The molecule has 2 heterocycles. The zero-order valence-corrected chi connectivity index (χ0v) is 18.1. The first-order valence-electron chi connectivity index (χ1n) is 9.87. The molecule has 0 aliphatic rings. The standard InChI is InChI=1S/C21H25N7O4/c1-27(2)16-10-9-15(25-26-16)19(29)23-18-17(22-13-14-7-5-4-6-8-14)20(30)24-21(31)28(18)11-12-32-3/h4-10,22H,11-13H2,1-3H3,(H,23,29)(H,24,30,31). The van der Waals surface area contributed by atoms with Gasteiger partial charge in [0.25, 0.3) is 11.5 Å². The molecule has 11 nitrogen and oxygen atoms in total. The quantitative estimate of drug-likeness (QED) is 0.448. The number of benzene rings is 1. The van der Waals surface area contributed by atoms with Crippen molar-refractivity contribution < 1.29 is 9.53 Å². The van der Waals surface area contributed by atoms with Gasteiger partial charge in [-0.2, -0.15) is 0 Å². The predicted molar refractivity (Wildman–Crippen MR) is 121 cm³/mol. The largest absolute Gasteiger partial charge is 0.383 e. The van der Waals surface area contributed by atoms with Gasteiger partial charge in [0, 0.05) is 27.7 Å². The van der Waals surface area contributed by atoms with E-state index in [-0.39, 0.29) is 30.4 Å². The van der Waals surface area contributed by atoms with E-state index in [2.05, 4.69) is 25.8 Å². The van der Waals surface area contributed by atoms with Crippen molar-refractivity contribution in [1.29, 1.82) is 0 Å². The Morgan fingerprint density at radius 1 is 1.12 bits per heavy atom. The lowest BCUT2D eigenvalue weighted by atomic mass is 10.2. The van der Waals surface area contributed by atoms with E-state index in [0.717, 1.165) is 5.56 Å². The maximum atomic E-state index is 12.9. The number of amides is 1. The Labute approximate surface area is 184 Å². The van der Waals surface area contributed by atoms with Gasteiger partial charge in [-0.15, -0.1) is 10.2 Å². The maximum absolute atomic E-state index is 12.9. The highest BCUT2D eigenvalue weighted by Gasteiger charge is 2.19. The van der Waals surface area contributed by atoms with Crippen molar-refractivity contribution in [3.8, 4) is 0 Å². The molecule has 0 spiro atoms. The minimum atomic E-state index is -0.665. The number of carbonyl (C=O) groups is 1. The monoisotopic (exact) mass is 439 g/mol. The van der Waals surface area contributed by atoms with Gasteiger partial charge in [0.1, 0.15) is 11.5 Å². The average Bonchev–Trinajstić information content (AvgIpc) is 2.79. The molecule has 0 atom stereocenters. The lowest BCUT2D eigenvalue weighted by molar-refractivity contribution is 0.102. The number of anilines is 3. The molecule has 0 aliphatic carbocycles. The Morgan fingerprint density at radius 2 is 1.88 bits per heavy atom. The molecule has 0 saturated carbocycles. The fourth-order valence-corrected chi connectivity index (χ4v) is 2.90. The molecule has 0 aliphatic heterocycles. The van der Waals surface area contributed by atoms with E-state index in [1.165, 1.54) is 17.7 Å². The summed E-state index contributed by atoms with van der Waals surface area (Å²) in [6.45, 7) is 0.629. The van der Waals surface area contributed by atoms with Crippen LogP contribution in [0.2, 0.25) is 0 Å². The van der Waals surface area contributed by atoms with Crippen LogP contribution >= 0.6 is 0 Å². The van der Waals surface area contributed by atoms with Crippen molar-refractivity contribution in [1.82, 2.24) is 19.7 Å². The summed E-state index contributed by atoms with van der Waals surface area (Å²) < 4.78 is 6.30. The average molecular weight is 439 g/mol. The van der Waals surface area contributed by atoms with Gasteiger partial charge in [0.2, 0.25) is 0 Å². The van der Waals surface area contributed by atoms with Crippen LogP contribution in [0.1, 0.15) is 16.1 Å². The molecule has 32 heavy (non-hydrogen) atoms. The van der Waals surface area contributed by atoms with Crippen LogP contribution in [-0.2, 0) is 17.8 Å². The van der Waals surface area contributed by atoms with Gasteiger partial charge in [-0.1, -0.05) is 30.3 Å². The Balaban J connectivity index is 1.97. The molecule has 3 rings (SSSR count). The van der Waals surface area contributed by atoms with Crippen LogP contribution in [0, 0.1) is 0 Å². The molecule has 1 aromatic carbocycles. The minimum Gasteiger partial charge on any atom is -0.383 e. The van der Waals surface area contributed by atoms with Crippen LogP contribution < -0.4 is 26.8 Å². The summed E-state index contributed by atoms with van der Waals surface area (Å²) in [5, 5.41) is 13.6. The summed E-state index contributed by atoms with van der Waals surface area (Å²) in [6.07, 6.45) is 0. The molecule has 3 N–H and O–H groups in total. The topological polar surface area (TPSA) is 134 Å². The number of nitrogens with zero attached hydrogens (tertiary/aromatic N) is 4. The smallest absolute Gasteiger partial charge is 0.330 e. The van der Waals surface area contributed by atoms with E-state index < -0.39 is 17.2 Å². The summed E-state index contributed by atoms with van der Waals surface area (Å²) in [7, 11) is 5.10. The lowest BCUT2D eigenvalue weighted by Gasteiger charge is -2.17. The highest BCUT2D eigenvalue weighted by Crippen LogP contribution is 2.18. The number of aromatic amines is 1. The zero-order valence-electron chi connectivity index (χ0n) is 18.1. The summed E-state index contributed by atoms with van der Waals surface area (Å²) in [5.41, 5.74) is -0.305. The fourth-order valence-electron chi connectivity index (χ4n) is 2.90. The van der Waals surface area contributed by atoms with Crippen LogP contribution in [0.15, 0.2) is 52.1 Å². The van der Waals surface area contributed by atoms with E-state index in [1.54, 1.807) is 25.1 Å². The number of aromatic nitrogens is 4. The van der Waals surface area contributed by atoms with Gasteiger partial charge in [0.15, 0.2) is 11.5 Å². The van der Waals surface area contributed by atoms with Crippen molar-refractivity contribution in [2.24, 2.45) is 0 Å². The van der Waals surface area contributed by atoms with E-state index in [4.69, 9.17) is 4.74 Å². The van der Waals surface area contributed by atoms with Gasteiger partial charge >= 0.3 is 5.69 Å². The number of methoxy groups -OCH3 is 1. The SMILES string of the molecule is COCCn1c(NC(=O)c2ccc(N(C)C)nn2)c(NCc2ccccc2)c(=O)[nH]c1=O. The number of nitrogens with one attached hydrogen (secondary N) is 3. The van der Waals surface area contributed by atoms with Gasteiger partial charge in [-0.25, -0.2) is 4.79 Å². The maximum Gasteiger partial charge on any atom is 0.330 e. The van der Waals surface area contributed by atoms with E-state index in [9.17, 15) is 14.4 Å². The van der Waals surface area contributed by atoms with E-state index >= 15 is 0 Å². The third-order valence-corrected chi connectivity index (χ3v) is 4.60. The van der Waals surface area contributed by atoms with E-state index in [1.807, 2.05) is 30.3 Å². The van der Waals surface area contributed by atoms with Gasteiger partial charge < -0.3 is 20.3 Å². The summed E-state index contributed by atoms with van der Waals surface area (Å²) in [4.78, 5) is 41.9. The molecule has 0 saturated heterocycles. The van der Waals surface area contributed by atoms with Crippen molar-refractivity contribution in [3.05, 3.63) is 74.6 Å². The van der Waals surface area contributed by atoms with Crippen LogP contribution in [0.25, 0.3) is 0 Å². The number of hydrogen-bond acceptors (Lipinski definition) is 8. The number of hydrogen-bond donors (Lipinski definition) is 3. The Hall–Kier alpha value is -3.99. The van der Waals surface area contributed by atoms with Crippen LogP contribution in [-0.4, -0.2) is 53.5 Å². The zero-order chi connectivity index (χ0) is 23.1. The number of ether oxygens (including phenoxy) is 1. The first-order valence-corrected chi connectivity index (χ1v) is 9.87. The van der Waals surface area contributed by atoms with Crippen molar-refractivity contribution >= 4 is 23.2 Å². The second-order valence-corrected chi connectivity index (χ2v) is 7.09. The Bertz CT molecular complexity index is 1170. The molecular formula is C21H25N7O4. The first kappa shape index (κ1) is 22.7. The molecule has 0 unspecified atom stereocenters. The number of H-pyrrole nitrogens is 1. The summed E-state index contributed by atoms with van der Waals surface area (Å²) in [5.74, 6) is -0.00289. The molecular weight excluding hydrogens is 414 g/mol. The second-order valence-electron chi connectivity index (χ2n) is 7.09. The van der Waals surface area contributed by atoms with Crippen LogP contribution in [0.5, 0.6) is 0 Å². The summed E-state index contributed by atoms with van der Waals surface area (Å²) in [6, 6.07) is 12.6. The van der Waals surface area contributed by atoms with Gasteiger partial charge in [-0.3, -0.25) is 19.1 Å². The molecule has 0 bridgehead atoms. The van der Waals surface area contributed by atoms with E-state index in [0.29, 0.717) is 12.4 Å². The molecule has 3 aromatic rings. The summed E-state index contributed by atoms with van der Waals surface area (Å²) >= 11 is 0. The Kier molecular flexibility index (Phi) is 7.34. The molecule has 2 aromatic heterocycles. The Morgan fingerprint density at radius 3 is 2.50 bits per heavy atom. The molecule has 11 heteroatoms. The molecule has 1 amide bonds. The highest BCUT2D eigenvalue weighted by molar-refractivity contribution is 6.03. The highest BCUT2D eigenvalue weighted by atomic mass is 16.5. The first-order chi connectivity index (χ1) is 15.4. The van der Waals surface area contributed by atoms with Crippen LogP contribution in [0.3, 0.4) is 0 Å². The molecule has 168 valence electrons. The van der Waals surface area contributed by atoms with Crippen molar-refractivity contribution in [3.63, 3.8) is 0 Å². The van der Waals surface area contributed by atoms with Gasteiger partial charge in [0.05, 0.1) is 13.2 Å². The second kappa shape index (κ2) is 10.4. The van der Waals surface area contributed by atoms with Crippen molar-refractivity contribution in [2.45, 2.75) is 13.1 Å². The third-order valence-electron chi connectivity index (χ3n) is 4.60. The third kappa shape index (κ3) is 5.38. The van der Waals surface area contributed by atoms with Gasteiger partial charge in [-0.05, 0) is 17.7 Å². The minimum absolute atomic E-state index is 0.0233. The molecule has 0 radical (unpaired) electrons.